The first-order chi connectivity index (χ1) is 11.5. The van der Waals surface area contributed by atoms with Gasteiger partial charge in [0.15, 0.2) is 6.10 Å². The Hall–Kier alpha value is -2.45. The Kier molecular flexibility index (Phi) is 6.28. The Morgan fingerprint density at radius 2 is 2.21 bits per heavy atom. The third-order valence-corrected chi connectivity index (χ3v) is 3.62. The molecule has 3 N–H and O–H groups in total. The summed E-state index contributed by atoms with van der Waals surface area (Å²) in [7, 11) is 1.26. The third-order valence-electron chi connectivity index (χ3n) is 3.62. The second-order valence-corrected chi connectivity index (χ2v) is 5.34. The molecule has 130 valence electrons. The highest BCUT2D eigenvalue weighted by Gasteiger charge is 2.23. The molecule has 0 aromatic heterocycles. The quantitative estimate of drug-likeness (QED) is 0.673. The van der Waals surface area contributed by atoms with E-state index < -0.39 is 24.1 Å². The lowest BCUT2D eigenvalue weighted by molar-refractivity contribution is -0.148. The summed E-state index contributed by atoms with van der Waals surface area (Å²) in [5.74, 6) is -1.85. The lowest BCUT2D eigenvalue weighted by Crippen LogP contribution is -2.37. The second kappa shape index (κ2) is 8.42. The van der Waals surface area contributed by atoms with E-state index in [0.717, 1.165) is 6.42 Å². The van der Waals surface area contributed by atoms with Gasteiger partial charge in [0.1, 0.15) is 6.10 Å². The number of aliphatic carboxylic acids is 1. The van der Waals surface area contributed by atoms with Crippen LogP contribution >= 0.6 is 0 Å². The molecule has 1 saturated heterocycles. The van der Waals surface area contributed by atoms with Gasteiger partial charge in [0.2, 0.25) is 0 Å². The molecular weight excluding hydrogens is 316 g/mol. The van der Waals surface area contributed by atoms with Crippen LogP contribution < -0.4 is 10.6 Å². The smallest absolute Gasteiger partial charge is 0.334 e. The maximum absolute atomic E-state index is 12.1. The van der Waals surface area contributed by atoms with Gasteiger partial charge in [-0.1, -0.05) is 6.07 Å². The Balaban J connectivity index is 1.94. The number of rotatable bonds is 7. The summed E-state index contributed by atoms with van der Waals surface area (Å²) in [6.07, 6.45) is -0.0402. The van der Waals surface area contributed by atoms with Gasteiger partial charge in [-0.2, -0.15) is 0 Å². The largest absolute Gasteiger partial charge is 0.479 e. The molecule has 0 radical (unpaired) electrons. The number of hydrogen-bond donors (Lipinski definition) is 3. The predicted molar refractivity (Wildman–Crippen MR) is 84.8 cm³/mol. The molecule has 1 aromatic carbocycles. The van der Waals surface area contributed by atoms with E-state index in [1.165, 1.54) is 13.2 Å². The molecule has 1 aromatic rings. The second-order valence-electron chi connectivity index (χ2n) is 5.34. The van der Waals surface area contributed by atoms with Crippen LogP contribution in [0.4, 0.5) is 5.69 Å². The molecular formula is C16H20N2O6. The van der Waals surface area contributed by atoms with Crippen molar-refractivity contribution in [1.82, 2.24) is 5.32 Å². The molecule has 0 spiro atoms. The Labute approximate surface area is 139 Å². The first kappa shape index (κ1) is 17.9. The van der Waals surface area contributed by atoms with Gasteiger partial charge in [0, 0.05) is 25.0 Å². The molecule has 2 amide bonds. The summed E-state index contributed by atoms with van der Waals surface area (Å²) in [4.78, 5) is 34.9. The molecule has 2 rings (SSSR count). The van der Waals surface area contributed by atoms with Gasteiger partial charge >= 0.3 is 5.97 Å². The SMILES string of the molecule is COC(CNC(=O)c1cccc(NC(=O)C2CCCO2)c1)C(=O)O. The van der Waals surface area contributed by atoms with Gasteiger partial charge in [-0.3, -0.25) is 9.59 Å². The third kappa shape index (κ3) is 4.77. The molecule has 1 aliphatic heterocycles. The number of carbonyl (C=O) groups excluding carboxylic acids is 2. The molecule has 0 saturated carbocycles. The minimum absolute atomic E-state index is 0.156. The Bertz CT molecular complexity index is 612. The maximum atomic E-state index is 12.1. The Morgan fingerprint density at radius 3 is 2.83 bits per heavy atom. The fourth-order valence-corrected chi connectivity index (χ4v) is 2.30. The lowest BCUT2D eigenvalue weighted by atomic mass is 10.1. The van der Waals surface area contributed by atoms with E-state index >= 15 is 0 Å². The zero-order chi connectivity index (χ0) is 17.5. The van der Waals surface area contributed by atoms with Gasteiger partial charge in [-0.05, 0) is 31.0 Å². The fourth-order valence-electron chi connectivity index (χ4n) is 2.30. The monoisotopic (exact) mass is 336 g/mol. The van der Waals surface area contributed by atoms with Gasteiger partial charge in [-0.25, -0.2) is 4.79 Å². The number of methoxy groups -OCH3 is 1. The van der Waals surface area contributed by atoms with Crippen molar-refractivity contribution in [3.05, 3.63) is 29.8 Å². The van der Waals surface area contributed by atoms with Crippen molar-refractivity contribution < 1.29 is 29.0 Å². The average molecular weight is 336 g/mol. The average Bonchev–Trinajstić information content (AvgIpc) is 3.09. The molecule has 8 nitrogen and oxygen atoms in total. The number of hydrogen-bond acceptors (Lipinski definition) is 5. The summed E-state index contributed by atoms with van der Waals surface area (Å²) in [5, 5.41) is 14.1. The van der Waals surface area contributed by atoms with Gasteiger partial charge in [0.25, 0.3) is 11.8 Å². The fraction of sp³-hybridized carbons (Fsp3) is 0.438. The van der Waals surface area contributed by atoms with E-state index in [0.29, 0.717) is 24.3 Å². The predicted octanol–water partition coefficient (Wildman–Crippen LogP) is 0.633. The van der Waals surface area contributed by atoms with E-state index in [1.807, 2.05) is 0 Å². The molecule has 2 unspecified atom stereocenters. The zero-order valence-electron chi connectivity index (χ0n) is 13.3. The lowest BCUT2D eigenvalue weighted by Gasteiger charge is -2.13. The van der Waals surface area contributed by atoms with Crippen molar-refractivity contribution in [3.63, 3.8) is 0 Å². The molecule has 1 fully saturated rings. The highest BCUT2D eigenvalue weighted by molar-refractivity contribution is 5.98. The van der Waals surface area contributed by atoms with Crippen molar-refractivity contribution in [1.29, 1.82) is 0 Å². The number of anilines is 1. The highest BCUT2D eigenvalue weighted by Crippen LogP contribution is 2.16. The first-order valence-corrected chi connectivity index (χ1v) is 7.57. The van der Waals surface area contributed by atoms with Crippen molar-refractivity contribution in [2.24, 2.45) is 0 Å². The summed E-state index contributed by atoms with van der Waals surface area (Å²) < 4.78 is 10.0. The van der Waals surface area contributed by atoms with E-state index in [4.69, 9.17) is 14.6 Å². The van der Waals surface area contributed by atoms with Crippen LogP contribution in [0.2, 0.25) is 0 Å². The van der Waals surface area contributed by atoms with Crippen molar-refractivity contribution >= 4 is 23.5 Å². The maximum Gasteiger partial charge on any atom is 0.334 e. The van der Waals surface area contributed by atoms with Crippen LogP contribution in [0.3, 0.4) is 0 Å². The molecule has 8 heteroatoms. The molecule has 1 heterocycles. The van der Waals surface area contributed by atoms with Crippen molar-refractivity contribution in [2.45, 2.75) is 25.0 Å². The minimum Gasteiger partial charge on any atom is -0.479 e. The van der Waals surface area contributed by atoms with Crippen molar-refractivity contribution in [2.75, 3.05) is 25.6 Å². The standard InChI is InChI=1S/C16H20N2O6/c1-23-13(16(21)22)9-17-14(19)10-4-2-5-11(8-10)18-15(20)12-6-3-7-24-12/h2,4-5,8,12-13H,3,6-7,9H2,1H3,(H,17,19)(H,18,20)(H,21,22). The Morgan fingerprint density at radius 1 is 1.42 bits per heavy atom. The first-order valence-electron chi connectivity index (χ1n) is 7.57. The number of ether oxygens (including phenoxy) is 2. The van der Waals surface area contributed by atoms with Crippen LogP contribution in [-0.4, -0.2) is 55.4 Å². The van der Waals surface area contributed by atoms with E-state index in [2.05, 4.69) is 10.6 Å². The molecule has 0 aliphatic carbocycles. The van der Waals surface area contributed by atoms with Gasteiger partial charge in [0.05, 0.1) is 6.54 Å². The highest BCUT2D eigenvalue weighted by atomic mass is 16.5. The number of amides is 2. The zero-order valence-corrected chi connectivity index (χ0v) is 13.3. The summed E-state index contributed by atoms with van der Waals surface area (Å²) in [6.45, 7) is 0.419. The molecule has 24 heavy (non-hydrogen) atoms. The number of nitrogens with one attached hydrogen (secondary N) is 2. The van der Waals surface area contributed by atoms with Crippen LogP contribution in [0.1, 0.15) is 23.2 Å². The van der Waals surface area contributed by atoms with Crippen LogP contribution in [0.15, 0.2) is 24.3 Å². The van der Waals surface area contributed by atoms with Gasteiger partial charge < -0.3 is 25.2 Å². The van der Waals surface area contributed by atoms with Crippen LogP contribution in [0, 0.1) is 0 Å². The summed E-state index contributed by atoms with van der Waals surface area (Å²) in [5.41, 5.74) is 0.782. The molecule has 2 atom stereocenters. The minimum atomic E-state index is -1.16. The van der Waals surface area contributed by atoms with Crippen LogP contribution in [-0.2, 0) is 19.1 Å². The van der Waals surface area contributed by atoms with E-state index in [-0.39, 0.29) is 12.5 Å². The van der Waals surface area contributed by atoms with E-state index in [9.17, 15) is 14.4 Å². The number of carboxylic acid groups (broad SMARTS) is 1. The van der Waals surface area contributed by atoms with Crippen LogP contribution in [0.5, 0.6) is 0 Å². The molecule has 1 aliphatic rings. The number of carboxylic acids is 1. The summed E-state index contributed by atoms with van der Waals surface area (Å²) in [6, 6.07) is 6.38. The van der Waals surface area contributed by atoms with Crippen LogP contribution in [0.25, 0.3) is 0 Å². The number of benzene rings is 1. The topological polar surface area (TPSA) is 114 Å². The number of carbonyl (C=O) groups is 3. The van der Waals surface area contributed by atoms with E-state index in [1.54, 1.807) is 18.2 Å². The molecule has 0 bridgehead atoms. The normalized spacial score (nSPS) is 18.0. The summed E-state index contributed by atoms with van der Waals surface area (Å²) >= 11 is 0. The van der Waals surface area contributed by atoms with Crippen molar-refractivity contribution in [3.8, 4) is 0 Å². The van der Waals surface area contributed by atoms with Gasteiger partial charge in [-0.15, -0.1) is 0 Å².